The summed E-state index contributed by atoms with van der Waals surface area (Å²) in [5.74, 6) is 0. The molecule has 3 unspecified atom stereocenters. The minimum Gasteiger partial charge on any atom is -0.369 e. The number of nitrogens with one attached hydrogen (secondary N) is 1. The second-order valence-electron chi connectivity index (χ2n) is 5.26. The number of thioether (sulfide) groups is 1. The fourth-order valence-corrected chi connectivity index (χ4v) is 3.85. The summed E-state index contributed by atoms with van der Waals surface area (Å²) < 4.78 is 0. The Morgan fingerprint density at radius 2 is 1.72 bits per heavy atom. The summed E-state index contributed by atoms with van der Waals surface area (Å²) in [6.07, 6.45) is 0. The molecule has 1 aliphatic heterocycles. The van der Waals surface area contributed by atoms with E-state index in [1.54, 1.807) is 0 Å². The molecule has 1 N–H and O–H groups in total. The molecule has 3 heteroatoms. The molecular formula is C15H24N2S. The van der Waals surface area contributed by atoms with Crippen LogP contribution in [0.4, 0.5) is 5.69 Å². The van der Waals surface area contributed by atoms with Crippen molar-refractivity contribution in [2.75, 3.05) is 25.0 Å². The zero-order valence-corrected chi connectivity index (χ0v) is 12.6. The molecule has 0 radical (unpaired) electrons. The van der Waals surface area contributed by atoms with Gasteiger partial charge >= 0.3 is 0 Å². The maximum Gasteiger partial charge on any atom is 0.0367 e. The SMILES string of the molecule is CNC(C)c1ccc(N2CC(C)SC(C)C2)cc1. The molecule has 1 aromatic rings. The summed E-state index contributed by atoms with van der Waals surface area (Å²) in [4.78, 5) is 2.51. The first-order valence-corrected chi connectivity index (χ1v) is 7.72. The first-order chi connectivity index (χ1) is 8.60. The highest BCUT2D eigenvalue weighted by atomic mass is 32.2. The van der Waals surface area contributed by atoms with Crippen LogP contribution in [0.1, 0.15) is 32.4 Å². The Morgan fingerprint density at radius 1 is 1.17 bits per heavy atom. The van der Waals surface area contributed by atoms with Gasteiger partial charge < -0.3 is 10.2 Å². The van der Waals surface area contributed by atoms with Crippen LogP contribution in [-0.4, -0.2) is 30.6 Å². The molecule has 0 amide bonds. The number of hydrogen-bond acceptors (Lipinski definition) is 3. The molecule has 0 aliphatic carbocycles. The minimum atomic E-state index is 0.425. The van der Waals surface area contributed by atoms with Crippen molar-refractivity contribution in [1.82, 2.24) is 5.32 Å². The molecule has 0 bridgehead atoms. The van der Waals surface area contributed by atoms with E-state index in [1.807, 2.05) is 7.05 Å². The quantitative estimate of drug-likeness (QED) is 0.902. The summed E-state index contributed by atoms with van der Waals surface area (Å²) in [5.41, 5.74) is 2.72. The van der Waals surface area contributed by atoms with Gasteiger partial charge in [-0.25, -0.2) is 0 Å². The number of nitrogens with zero attached hydrogens (tertiary/aromatic N) is 1. The zero-order chi connectivity index (χ0) is 13.1. The topological polar surface area (TPSA) is 15.3 Å². The van der Waals surface area contributed by atoms with Gasteiger partial charge in [0.15, 0.2) is 0 Å². The van der Waals surface area contributed by atoms with Gasteiger partial charge in [0.2, 0.25) is 0 Å². The molecule has 2 nitrogen and oxygen atoms in total. The predicted octanol–water partition coefficient (Wildman–Crippen LogP) is 3.30. The Morgan fingerprint density at radius 3 is 2.22 bits per heavy atom. The fourth-order valence-electron chi connectivity index (χ4n) is 2.53. The van der Waals surface area contributed by atoms with Crippen LogP contribution in [0.25, 0.3) is 0 Å². The molecule has 1 aromatic carbocycles. The predicted molar refractivity (Wildman–Crippen MR) is 82.6 cm³/mol. The van der Waals surface area contributed by atoms with Crippen molar-refractivity contribution in [3.8, 4) is 0 Å². The van der Waals surface area contributed by atoms with Crippen LogP contribution in [0, 0.1) is 0 Å². The largest absolute Gasteiger partial charge is 0.369 e. The molecule has 2 rings (SSSR count). The Balaban J connectivity index is 2.09. The normalized spacial score (nSPS) is 26.1. The standard InChI is InChI=1S/C15H24N2S/c1-11-9-17(10-12(2)18-11)15-7-5-14(6-8-15)13(3)16-4/h5-8,11-13,16H,9-10H2,1-4H3. The first-order valence-electron chi connectivity index (χ1n) is 6.77. The third kappa shape index (κ3) is 3.21. The molecule has 1 aliphatic rings. The van der Waals surface area contributed by atoms with Crippen molar-refractivity contribution in [3.05, 3.63) is 29.8 Å². The molecule has 18 heavy (non-hydrogen) atoms. The Kier molecular flexibility index (Phi) is 4.57. The van der Waals surface area contributed by atoms with E-state index in [4.69, 9.17) is 0 Å². The van der Waals surface area contributed by atoms with E-state index < -0.39 is 0 Å². The van der Waals surface area contributed by atoms with Gasteiger partial charge in [-0.05, 0) is 31.7 Å². The Bertz CT molecular complexity index is 367. The van der Waals surface area contributed by atoms with Gasteiger partial charge in [0.1, 0.15) is 0 Å². The molecule has 1 saturated heterocycles. The van der Waals surface area contributed by atoms with Gasteiger partial charge in [0.05, 0.1) is 0 Å². The van der Waals surface area contributed by atoms with Crippen LogP contribution in [0.3, 0.4) is 0 Å². The fraction of sp³-hybridized carbons (Fsp3) is 0.600. The summed E-state index contributed by atoms with van der Waals surface area (Å²) in [6, 6.07) is 9.44. The van der Waals surface area contributed by atoms with Crippen molar-refractivity contribution in [1.29, 1.82) is 0 Å². The van der Waals surface area contributed by atoms with Crippen molar-refractivity contribution >= 4 is 17.4 Å². The molecule has 0 spiro atoms. The second-order valence-corrected chi connectivity index (χ2v) is 7.15. The van der Waals surface area contributed by atoms with Gasteiger partial charge in [-0.15, -0.1) is 0 Å². The third-order valence-electron chi connectivity index (χ3n) is 3.61. The monoisotopic (exact) mass is 264 g/mol. The van der Waals surface area contributed by atoms with E-state index in [1.165, 1.54) is 11.3 Å². The lowest BCUT2D eigenvalue weighted by molar-refractivity contribution is 0.652. The van der Waals surface area contributed by atoms with Crippen LogP contribution in [-0.2, 0) is 0 Å². The molecule has 0 aromatic heterocycles. The maximum atomic E-state index is 3.28. The smallest absolute Gasteiger partial charge is 0.0367 e. The van der Waals surface area contributed by atoms with Gasteiger partial charge in [-0.3, -0.25) is 0 Å². The molecule has 1 heterocycles. The lowest BCUT2D eigenvalue weighted by Gasteiger charge is -2.36. The van der Waals surface area contributed by atoms with Crippen LogP contribution >= 0.6 is 11.8 Å². The van der Waals surface area contributed by atoms with Gasteiger partial charge in [-0.1, -0.05) is 26.0 Å². The molecule has 100 valence electrons. The lowest BCUT2D eigenvalue weighted by atomic mass is 10.1. The van der Waals surface area contributed by atoms with Gasteiger partial charge in [0, 0.05) is 35.3 Å². The van der Waals surface area contributed by atoms with E-state index in [9.17, 15) is 0 Å². The van der Waals surface area contributed by atoms with Crippen molar-refractivity contribution in [2.45, 2.75) is 37.3 Å². The van der Waals surface area contributed by atoms with Crippen LogP contribution in [0.5, 0.6) is 0 Å². The summed E-state index contributed by atoms with van der Waals surface area (Å²) in [5, 5.41) is 4.73. The Hall–Kier alpha value is -0.670. The number of rotatable bonds is 3. The average Bonchev–Trinajstić information content (AvgIpc) is 2.37. The lowest BCUT2D eigenvalue weighted by Crippen LogP contribution is -2.40. The molecule has 3 atom stereocenters. The second kappa shape index (κ2) is 5.98. The van der Waals surface area contributed by atoms with Crippen LogP contribution < -0.4 is 10.2 Å². The summed E-state index contributed by atoms with van der Waals surface area (Å²) >= 11 is 2.10. The number of anilines is 1. The average molecular weight is 264 g/mol. The van der Waals surface area contributed by atoms with E-state index >= 15 is 0 Å². The van der Waals surface area contributed by atoms with Crippen molar-refractivity contribution < 1.29 is 0 Å². The summed E-state index contributed by atoms with van der Waals surface area (Å²) in [7, 11) is 2.00. The minimum absolute atomic E-state index is 0.425. The van der Waals surface area contributed by atoms with E-state index in [2.05, 4.69) is 67.0 Å². The van der Waals surface area contributed by atoms with Gasteiger partial charge in [0.25, 0.3) is 0 Å². The highest BCUT2D eigenvalue weighted by Gasteiger charge is 2.22. The van der Waals surface area contributed by atoms with Crippen LogP contribution in [0.15, 0.2) is 24.3 Å². The molecule has 0 saturated carbocycles. The Labute approximate surface area is 115 Å². The summed E-state index contributed by atoms with van der Waals surface area (Å²) in [6.45, 7) is 9.16. The maximum absolute atomic E-state index is 3.28. The van der Waals surface area contributed by atoms with Crippen LogP contribution in [0.2, 0.25) is 0 Å². The first kappa shape index (κ1) is 13.8. The highest BCUT2D eigenvalue weighted by molar-refractivity contribution is 8.00. The van der Waals surface area contributed by atoms with E-state index in [0.29, 0.717) is 6.04 Å². The highest BCUT2D eigenvalue weighted by Crippen LogP contribution is 2.29. The van der Waals surface area contributed by atoms with E-state index in [0.717, 1.165) is 23.6 Å². The van der Waals surface area contributed by atoms with Crippen molar-refractivity contribution in [3.63, 3.8) is 0 Å². The van der Waals surface area contributed by atoms with E-state index in [-0.39, 0.29) is 0 Å². The molecule has 1 fully saturated rings. The number of hydrogen-bond donors (Lipinski definition) is 1. The number of benzene rings is 1. The molecular weight excluding hydrogens is 240 g/mol. The van der Waals surface area contributed by atoms with Crippen molar-refractivity contribution in [2.24, 2.45) is 0 Å². The third-order valence-corrected chi connectivity index (χ3v) is 4.84. The van der Waals surface area contributed by atoms with Gasteiger partial charge in [-0.2, -0.15) is 11.8 Å². The zero-order valence-electron chi connectivity index (χ0n) is 11.8.